The molecule has 0 unspecified atom stereocenters. The molecule has 1 heterocycles. The zero-order valence-corrected chi connectivity index (χ0v) is 15.0. The molecule has 0 bridgehead atoms. The Morgan fingerprint density at radius 1 is 0.846 bits per heavy atom. The fraction of sp³-hybridized carbons (Fsp3) is 0.100. The highest BCUT2D eigenvalue weighted by atomic mass is 35.5. The van der Waals surface area contributed by atoms with Gasteiger partial charge in [-0.25, -0.2) is 9.97 Å². The number of anilines is 2. The molecule has 3 aromatic carbocycles. The highest BCUT2D eigenvalue weighted by molar-refractivity contribution is 6.36. The van der Waals surface area contributed by atoms with E-state index in [0.717, 1.165) is 27.4 Å². The van der Waals surface area contributed by atoms with Crippen molar-refractivity contribution in [3.8, 4) is 11.5 Å². The molecule has 0 radical (unpaired) electrons. The maximum Gasteiger partial charge on any atom is 0.162 e. The fourth-order valence-electron chi connectivity index (χ4n) is 2.98. The minimum atomic E-state index is 0.624. The molecule has 5 nitrogen and oxygen atoms in total. The Morgan fingerprint density at radius 2 is 1.58 bits per heavy atom. The van der Waals surface area contributed by atoms with Gasteiger partial charge in [0.05, 0.1) is 19.7 Å². The normalized spacial score (nSPS) is 10.9. The Labute approximate surface area is 155 Å². The van der Waals surface area contributed by atoms with Crippen molar-refractivity contribution in [2.45, 2.75) is 0 Å². The fourth-order valence-corrected chi connectivity index (χ4v) is 3.21. The van der Waals surface area contributed by atoms with Gasteiger partial charge in [-0.2, -0.15) is 0 Å². The van der Waals surface area contributed by atoms with Crippen molar-refractivity contribution in [1.82, 2.24) is 9.97 Å². The molecule has 0 saturated carbocycles. The summed E-state index contributed by atoms with van der Waals surface area (Å²) in [7, 11) is 3.21. The van der Waals surface area contributed by atoms with Crippen molar-refractivity contribution in [3.63, 3.8) is 0 Å². The molecular weight excluding hydrogens is 350 g/mol. The summed E-state index contributed by atoms with van der Waals surface area (Å²) in [6, 6.07) is 15.5. The van der Waals surface area contributed by atoms with E-state index in [-0.39, 0.29) is 0 Å². The van der Waals surface area contributed by atoms with Gasteiger partial charge < -0.3 is 14.8 Å². The lowest BCUT2D eigenvalue weighted by atomic mass is 10.1. The first kappa shape index (κ1) is 16.4. The quantitative estimate of drug-likeness (QED) is 0.539. The number of nitrogens with one attached hydrogen (secondary N) is 1. The SMILES string of the molecule is COc1cc2ncnc(Nc3ccc(Cl)c4ccccc34)c2cc1OC. The third-order valence-corrected chi connectivity index (χ3v) is 4.59. The van der Waals surface area contributed by atoms with Gasteiger partial charge in [0, 0.05) is 32.9 Å². The lowest BCUT2D eigenvalue weighted by Gasteiger charge is -2.13. The van der Waals surface area contributed by atoms with Gasteiger partial charge in [0.2, 0.25) is 0 Å². The minimum Gasteiger partial charge on any atom is -0.493 e. The number of halogens is 1. The largest absolute Gasteiger partial charge is 0.493 e. The maximum absolute atomic E-state index is 6.32. The van der Waals surface area contributed by atoms with Crippen molar-refractivity contribution < 1.29 is 9.47 Å². The number of benzene rings is 3. The standard InChI is InChI=1S/C20H16ClN3O2/c1-25-18-9-14-17(10-19(18)26-2)22-11-23-20(14)24-16-8-7-15(21)12-5-3-4-6-13(12)16/h3-11H,1-2H3,(H,22,23,24). The van der Waals surface area contributed by atoms with E-state index < -0.39 is 0 Å². The van der Waals surface area contributed by atoms with Gasteiger partial charge in [0.15, 0.2) is 11.5 Å². The molecule has 0 aliphatic heterocycles. The second kappa shape index (κ2) is 6.69. The van der Waals surface area contributed by atoms with Crippen LogP contribution in [0.3, 0.4) is 0 Å². The van der Waals surface area contributed by atoms with Crippen LogP contribution in [0, 0.1) is 0 Å². The van der Waals surface area contributed by atoms with E-state index >= 15 is 0 Å². The molecule has 1 N–H and O–H groups in total. The number of methoxy groups -OCH3 is 2. The van der Waals surface area contributed by atoms with Gasteiger partial charge in [0.25, 0.3) is 0 Å². The molecule has 1 aromatic heterocycles. The molecule has 0 aliphatic carbocycles. The number of hydrogen-bond donors (Lipinski definition) is 1. The zero-order chi connectivity index (χ0) is 18.1. The minimum absolute atomic E-state index is 0.624. The van der Waals surface area contributed by atoms with E-state index in [2.05, 4.69) is 15.3 Å². The summed E-state index contributed by atoms with van der Waals surface area (Å²) in [5.41, 5.74) is 1.68. The summed E-state index contributed by atoms with van der Waals surface area (Å²) in [5, 5.41) is 6.95. The summed E-state index contributed by atoms with van der Waals surface area (Å²) in [5.74, 6) is 1.93. The number of fused-ring (bicyclic) bond motifs is 2. The molecule has 4 rings (SSSR count). The monoisotopic (exact) mass is 365 g/mol. The number of nitrogens with zero attached hydrogens (tertiary/aromatic N) is 2. The highest BCUT2D eigenvalue weighted by Gasteiger charge is 2.12. The van der Waals surface area contributed by atoms with Crippen LogP contribution in [0.4, 0.5) is 11.5 Å². The Kier molecular flexibility index (Phi) is 4.22. The zero-order valence-electron chi connectivity index (χ0n) is 14.3. The van der Waals surface area contributed by atoms with Crippen LogP contribution >= 0.6 is 11.6 Å². The second-order valence-corrected chi connectivity index (χ2v) is 6.12. The lowest BCUT2D eigenvalue weighted by Crippen LogP contribution is -1.98. The predicted octanol–water partition coefficient (Wildman–Crippen LogP) is 5.20. The van der Waals surface area contributed by atoms with Gasteiger partial charge >= 0.3 is 0 Å². The Hall–Kier alpha value is -3.05. The number of aromatic nitrogens is 2. The van der Waals surface area contributed by atoms with Crippen LogP contribution in [0.15, 0.2) is 54.9 Å². The van der Waals surface area contributed by atoms with Gasteiger partial charge in [-0.3, -0.25) is 0 Å². The van der Waals surface area contributed by atoms with E-state index in [1.54, 1.807) is 14.2 Å². The first-order valence-electron chi connectivity index (χ1n) is 8.02. The Bertz CT molecular complexity index is 1110. The average molecular weight is 366 g/mol. The molecule has 4 aromatic rings. The molecule has 0 amide bonds. The van der Waals surface area contributed by atoms with Crippen LogP contribution in [-0.2, 0) is 0 Å². The van der Waals surface area contributed by atoms with Crippen LogP contribution in [0.5, 0.6) is 11.5 Å². The molecule has 6 heteroatoms. The molecular formula is C20H16ClN3O2. The maximum atomic E-state index is 6.32. The van der Waals surface area contributed by atoms with Gasteiger partial charge in [-0.05, 0) is 18.2 Å². The van der Waals surface area contributed by atoms with E-state index in [1.807, 2.05) is 48.5 Å². The van der Waals surface area contributed by atoms with Gasteiger partial charge in [0.1, 0.15) is 12.1 Å². The Balaban J connectivity index is 1.87. The summed E-state index contributed by atoms with van der Waals surface area (Å²) < 4.78 is 10.8. The van der Waals surface area contributed by atoms with Crippen LogP contribution in [0.1, 0.15) is 0 Å². The third-order valence-electron chi connectivity index (χ3n) is 4.26. The first-order valence-corrected chi connectivity index (χ1v) is 8.40. The van der Waals surface area contributed by atoms with Crippen molar-refractivity contribution in [3.05, 3.63) is 59.9 Å². The molecule has 0 spiro atoms. The number of hydrogen-bond acceptors (Lipinski definition) is 5. The molecule has 26 heavy (non-hydrogen) atoms. The Morgan fingerprint density at radius 3 is 2.35 bits per heavy atom. The average Bonchev–Trinajstić information content (AvgIpc) is 2.69. The van der Waals surface area contributed by atoms with E-state index in [9.17, 15) is 0 Å². The van der Waals surface area contributed by atoms with E-state index in [0.29, 0.717) is 22.3 Å². The highest BCUT2D eigenvalue weighted by Crippen LogP contribution is 2.36. The molecule has 0 fully saturated rings. The first-order chi connectivity index (χ1) is 12.7. The number of ether oxygens (including phenoxy) is 2. The molecule has 0 saturated heterocycles. The number of rotatable bonds is 4. The van der Waals surface area contributed by atoms with E-state index in [1.165, 1.54) is 6.33 Å². The summed E-state index contributed by atoms with van der Waals surface area (Å²) in [4.78, 5) is 8.75. The van der Waals surface area contributed by atoms with Crippen LogP contribution in [0.2, 0.25) is 5.02 Å². The molecule has 130 valence electrons. The van der Waals surface area contributed by atoms with Gasteiger partial charge in [-0.15, -0.1) is 0 Å². The van der Waals surface area contributed by atoms with Crippen LogP contribution in [0.25, 0.3) is 21.7 Å². The molecule has 0 atom stereocenters. The third kappa shape index (κ3) is 2.76. The van der Waals surface area contributed by atoms with Crippen molar-refractivity contribution in [2.24, 2.45) is 0 Å². The predicted molar refractivity (Wildman–Crippen MR) is 105 cm³/mol. The van der Waals surface area contributed by atoms with Gasteiger partial charge in [-0.1, -0.05) is 35.9 Å². The smallest absolute Gasteiger partial charge is 0.162 e. The van der Waals surface area contributed by atoms with Crippen LogP contribution in [-0.4, -0.2) is 24.2 Å². The van der Waals surface area contributed by atoms with Crippen molar-refractivity contribution in [2.75, 3.05) is 19.5 Å². The van der Waals surface area contributed by atoms with Crippen molar-refractivity contribution in [1.29, 1.82) is 0 Å². The van der Waals surface area contributed by atoms with E-state index in [4.69, 9.17) is 21.1 Å². The lowest BCUT2D eigenvalue weighted by molar-refractivity contribution is 0.356. The summed E-state index contributed by atoms with van der Waals surface area (Å²) in [6.45, 7) is 0. The topological polar surface area (TPSA) is 56.3 Å². The summed E-state index contributed by atoms with van der Waals surface area (Å²) in [6.07, 6.45) is 1.52. The van der Waals surface area contributed by atoms with Crippen molar-refractivity contribution >= 4 is 44.8 Å². The second-order valence-electron chi connectivity index (χ2n) is 5.71. The molecule has 0 aliphatic rings. The summed E-state index contributed by atoms with van der Waals surface area (Å²) >= 11 is 6.32. The van der Waals surface area contributed by atoms with Crippen LogP contribution < -0.4 is 14.8 Å².